The Morgan fingerprint density at radius 2 is 2.05 bits per heavy atom. The predicted octanol–water partition coefficient (Wildman–Crippen LogP) is 4.08. The van der Waals surface area contributed by atoms with Crippen molar-refractivity contribution < 1.29 is 0 Å². The van der Waals surface area contributed by atoms with Crippen molar-refractivity contribution in [1.82, 2.24) is 15.0 Å². The van der Waals surface area contributed by atoms with E-state index in [1.54, 1.807) is 6.20 Å². The van der Waals surface area contributed by atoms with Crippen LogP contribution in [0.2, 0.25) is 0 Å². The maximum absolute atomic E-state index is 4.38. The van der Waals surface area contributed by atoms with Gasteiger partial charge >= 0.3 is 0 Å². The van der Waals surface area contributed by atoms with E-state index in [2.05, 4.69) is 36.2 Å². The maximum atomic E-state index is 4.38. The van der Waals surface area contributed by atoms with Crippen LogP contribution in [0.15, 0.2) is 34.9 Å². The molecule has 0 fully saturated rings. The summed E-state index contributed by atoms with van der Waals surface area (Å²) in [7, 11) is 0. The number of hydrogen-bond acceptors (Lipinski definition) is 3. The van der Waals surface area contributed by atoms with Gasteiger partial charge in [0.2, 0.25) is 0 Å². The van der Waals surface area contributed by atoms with Gasteiger partial charge < -0.3 is 10.3 Å². The molecule has 0 saturated carbocycles. The number of fused-ring (bicyclic) bond motifs is 1. The average molecular weight is 317 g/mol. The molecule has 4 nitrogen and oxygen atoms in total. The number of aryl methyl sites for hydroxylation is 2. The number of rotatable bonds is 2. The third-order valence-electron chi connectivity index (χ3n) is 2.92. The van der Waals surface area contributed by atoms with Gasteiger partial charge in [0.05, 0.1) is 11.0 Å². The fourth-order valence-electron chi connectivity index (χ4n) is 1.97. The molecule has 19 heavy (non-hydrogen) atoms. The molecule has 0 aliphatic rings. The van der Waals surface area contributed by atoms with Gasteiger partial charge in [-0.15, -0.1) is 0 Å². The van der Waals surface area contributed by atoms with E-state index in [1.807, 2.05) is 38.1 Å². The van der Waals surface area contributed by atoms with Gasteiger partial charge in [0, 0.05) is 16.4 Å². The van der Waals surface area contributed by atoms with Gasteiger partial charge in [-0.3, -0.25) is 0 Å². The van der Waals surface area contributed by atoms with Gasteiger partial charge in [-0.25, -0.2) is 9.97 Å². The number of nitrogens with one attached hydrogen (secondary N) is 2. The van der Waals surface area contributed by atoms with E-state index in [1.165, 1.54) is 0 Å². The second-order valence-electron chi connectivity index (χ2n) is 4.50. The molecule has 0 spiro atoms. The summed E-state index contributed by atoms with van der Waals surface area (Å²) < 4.78 is 1.01. The zero-order chi connectivity index (χ0) is 13.4. The molecule has 0 radical (unpaired) electrons. The number of H-pyrrole nitrogens is 1. The monoisotopic (exact) mass is 316 g/mol. The molecular formula is C14H13BrN4. The van der Waals surface area contributed by atoms with Gasteiger partial charge in [-0.1, -0.05) is 0 Å². The smallest absolute Gasteiger partial charge is 0.130 e. The van der Waals surface area contributed by atoms with E-state index in [0.717, 1.165) is 38.4 Å². The Morgan fingerprint density at radius 1 is 1.21 bits per heavy atom. The number of anilines is 2. The zero-order valence-corrected chi connectivity index (χ0v) is 12.2. The predicted molar refractivity (Wildman–Crippen MR) is 80.8 cm³/mol. The molecule has 96 valence electrons. The standard InChI is InChI=1S/C14H13BrN4/c1-8-5-14(16-7-11(8)15)19-10-3-4-12-13(6-10)18-9(2)17-12/h3-7H,1-2H3,(H,16,19)(H,17,18). The highest BCUT2D eigenvalue weighted by atomic mass is 79.9. The number of aromatic amines is 1. The van der Waals surface area contributed by atoms with Crippen molar-refractivity contribution in [1.29, 1.82) is 0 Å². The van der Waals surface area contributed by atoms with Crippen LogP contribution in [-0.2, 0) is 0 Å². The van der Waals surface area contributed by atoms with Crippen molar-refractivity contribution in [2.45, 2.75) is 13.8 Å². The van der Waals surface area contributed by atoms with E-state index >= 15 is 0 Å². The van der Waals surface area contributed by atoms with Gasteiger partial charge in [0.1, 0.15) is 11.6 Å². The molecule has 0 saturated heterocycles. The van der Waals surface area contributed by atoms with E-state index < -0.39 is 0 Å². The molecule has 2 aromatic heterocycles. The number of halogens is 1. The summed E-state index contributed by atoms with van der Waals surface area (Å²) in [6, 6.07) is 8.04. The summed E-state index contributed by atoms with van der Waals surface area (Å²) in [5.74, 6) is 1.75. The second kappa shape index (κ2) is 4.66. The summed E-state index contributed by atoms with van der Waals surface area (Å²) in [6.45, 7) is 3.99. The molecular weight excluding hydrogens is 304 g/mol. The van der Waals surface area contributed by atoms with E-state index in [4.69, 9.17) is 0 Å². The van der Waals surface area contributed by atoms with Crippen molar-refractivity contribution in [3.8, 4) is 0 Å². The fraction of sp³-hybridized carbons (Fsp3) is 0.143. The van der Waals surface area contributed by atoms with Gasteiger partial charge in [0.15, 0.2) is 0 Å². The van der Waals surface area contributed by atoms with Crippen LogP contribution in [0.3, 0.4) is 0 Å². The molecule has 0 atom stereocenters. The summed E-state index contributed by atoms with van der Waals surface area (Å²) in [4.78, 5) is 11.9. The number of aromatic nitrogens is 3. The maximum Gasteiger partial charge on any atom is 0.130 e. The Labute approximate surface area is 119 Å². The number of benzene rings is 1. The summed E-state index contributed by atoms with van der Waals surface area (Å²) in [6.07, 6.45) is 1.80. The Bertz CT molecular complexity index is 748. The topological polar surface area (TPSA) is 53.6 Å². The third kappa shape index (κ3) is 2.46. The first kappa shape index (κ1) is 12.2. The van der Waals surface area contributed by atoms with Crippen molar-refractivity contribution in [2.75, 3.05) is 5.32 Å². The zero-order valence-electron chi connectivity index (χ0n) is 10.7. The molecule has 3 rings (SSSR count). The lowest BCUT2D eigenvalue weighted by Crippen LogP contribution is -1.94. The summed E-state index contributed by atoms with van der Waals surface area (Å²) in [5.41, 5.74) is 4.14. The minimum atomic E-state index is 0.830. The molecule has 3 aromatic rings. The molecule has 2 N–H and O–H groups in total. The third-order valence-corrected chi connectivity index (χ3v) is 3.75. The highest BCUT2D eigenvalue weighted by molar-refractivity contribution is 9.10. The van der Waals surface area contributed by atoms with Crippen LogP contribution in [0.25, 0.3) is 11.0 Å². The van der Waals surface area contributed by atoms with Gasteiger partial charge in [-0.2, -0.15) is 0 Å². The first-order valence-corrected chi connectivity index (χ1v) is 6.77. The molecule has 0 bridgehead atoms. The SMILES string of the molecule is Cc1nc2ccc(Nc3cc(C)c(Br)cn3)cc2[nH]1. The van der Waals surface area contributed by atoms with E-state index in [-0.39, 0.29) is 0 Å². The van der Waals surface area contributed by atoms with Gasteiger partial charge in [0.25, 0.3) is 0 Å². The largest absolute Gasteiger partial charge is 0.342 e. The fourth-order valence-corrected chi connectivity index (χ4v) is 2.19. The van der Waals surface area contributed by atoms with Crippen molar-refractivity contribution in [3.63, 3.8) is 0 Å². The lowest BCUT2D eigenvalue weighted by atomic mass is 10.2. The number of hydrogen-bond donors (Lipinski definition) is 2. The lowest BCUT2D eigenvalue weighted by molar-refractivity contribution is 1.17. The second-order valence-corrected chi connectivity index (χ2v) is 5.35. The summed E-state index contributed by atoms with van der Waals surface area (Å²) in [5, 5.41) is 3.29. The minimum absolute atomic E-state index is 0.830. The number of imidazole rings is 1. The molecule has 5 heteroatoms. The Morgan fingerprint density at radius 3 is 2.84 bits per heavy atom. The van der Waals surface area contributed by atoms with Crippen LogP contribution in [-0.4, -0.2) is 15.0 Å². The first-order valence-electron chi connectivity index (χ1n) is 5.97. The number of pyridine rings is 1. The van der Waals surface area contributed by atoms with Crippen molar-refractivity contribution in [3.05, 3.63) is 46.3 Å². The van der Waals surface area contributed by atoms with Crippen molar-refractivity contribution in [2.24, 2.45) is 0 Å². The Kier molecular flexibility index (Phi) is 2.98. The van der Waals surface area contributed by atoms with Crippen molar-refractivity contribution >= 4 is 38.5 Å². The normalized spacial score (nSPS) is 10.9. The molecule has 0 unspecified atom stereocenters. The molecule has 0 aliphatic heterocycles. The highest BCUT2D eigenvalue weighted by Crippen LogP contribution is 2.22. The Balaban J connectivity index is 1.93. The van der Waals surface area contributed by atoms with Crippen LogP contribution in [0, 0.1) is 13.8 Å². The van der Waals surface area contributed by atoms with Crippen LogP contribution < -0.4 is 5.32 Å². The molecule has 0 aliphatic carbocycles. The first-order chi connectivity index (χ1) is 9.11. The minimum Gasteiger partial charge on any atom is -0.342 e. The van der Waals surface area contributed by atoms with Crippen LogP contribution in [0.5, 0.6) is 0 Å². The average Bonchev–Trinajstić information content (AvgIpc) is 2.73. The lowest BCUT2D eigenvalue weighted by Gasteiger charge is -2.07. The van der Waals surface area contributed by atoms with Gasteiger partial charge in [-0.05, 0) is 59.6 Å². The Hall–Kier alpha value is -1.88. The molecule has 1 aromatic carbocycles. The van der Waals surface area contributed by atoms with E-state index in [0.29, 0.717) is 0 Å². The van der Waals surface area contributed by atoms with E-state index in [9.17, 15) is 0 Å². The van der Waals surface area contributed by atoms with Crippen LogP contribution in [0.4, 0.5) is 11.5 Å². The van der Waals surface area contributed by atoms with Crippen LogP contribution in [0.1, 0.15) is 11.4 Å². The summed E-state index contributed by atoms with van der Waals surface area (Å²) >= 11 is 3.45. The quantitative estimate of drug-likeness (QED) is 0.749. The molecule has 2 heterocycles. The number of nitrogens with zero attached hydrogens (tertiary/aromatic N) is 2. The highest BCUT2D eigenvalue weighted by Gasteiger charge is 2.03. The molecule has 0 amide bonds. The van der Waals surface area contributed by atoms with Crippen LogP contribution >= 0.6 is 15.9 Å².